The van der Waals surface area contributed by atoms with E-state index in [1.807, 2.05) is 0 Å². The Labute approximate surface area is 117 Å². The zero-order chi connectivity index (χ0) is 13.5. The summed E-state index contributed by atoms with van der Waals surface area (Å²) in [5, 5.41) is 3.51. The van der Waals surface area contributed by atoms with Gasteiger partial charge in [-0.3, -0.25) is 0 Å². The van der Waals surface area contributed by atoms with E-state index in [9.17, 15) is 0 Å². The number of nitrogens with zero attached hydrogens (tertiary/aromatic N) is 2. The first-order valence-corrected chi connectivity index (χ1v) is 7.45. The molecule has 1 aliphatic rings. The molecule has 3 nitrogen and oxygen atoms in total. The fraction of sp³-hybridized carbons (Fsp3) is 0.625. The van der Waals surface area contributed by atoms with Crippen molar-refractivity contribution in [3.05, 3.63) is 29.8 Å². The Morgan fingerprint density at radius 1 is 1.11 bits per heavy atom. The van der Waals surface area contributed by atoms with Crippen LogP contribution >= 0.6 is 0 Å². The van der Waals surface area contributed by atoms with Crippen molar-refractivity contribution in [2.45, 2.75) is 25.8 Å². The van der Waals surface area contributed by atoms with Gasteiger partial charge < -0.3 is 15.1 Å². The standard InChI is InChI=1S/C16H27N3/c1-18(2)11-5-10-17-14-15-6-8-16(9-7-15)19-12-3-4-13-19/h6-9,17H,3-5,10-14H2,1-2H3. The predicted octanol–water partition coefficient (Wildman–Crippen LogP) is 2.33. The molecule has 106 valence electrons. The first-order chi connectivity index (χ1) is 9.25. The fourth-order valence-corrected chi connectivity index (χ4v) is 2.55. The van der Waals surface area contributed by atoms with Crippen molar-refractivity contribution in [2.24, 2.45) is 0 Å². The second-order valence-electron chi connectivity index (χ2n) is 5.69. The molecular formula is C16H27N3. The van der Waals surface area contributed by atoms with Gasteiger partial charge in [0.05, 0.1) is 0 Å². The van der Waals surface area contributed by atoms with Crippen LogP contribution in [0.5, 0.6) is 0 Å². The summed E-state index contributed by atoms with van der Waals surface area (Å²) in [4.78, 5) is 4.71. The van der Waals surface area contributed by atoms with E-state index in [1.165, 1.54) is 43.6 Å². The van der Waals surface area contributed by atoms with E-state index in [0.717, 1.165) is 19.6 Å². The summed E-state index contributed by atoms with van der Waals surface area (Å²) in [7, 11) is 4.24. The van der Waals surface area contributed by atoms with Gasteiger partial charge in [0, 0.05) is 25.3 Å². The highest BCUT2D eigenvalue weighted by Gasteiger charge is 2.11. The molecule has 1 aromatic rings. The van der Waals surface area contributed by atoms with Gasteiger partial charge in [-0.2, -0.15) is 0 Å². The largest absolute Gasteiger partial charge is 0.372 e. The second kappa shape index (κ2) is 7.51. The molecule has 0 bridgehead atoms. The van der Waals surface area contributed by atoms with Gasteiger partial charge in [-0.1, -0.05) is 12.1 Å². The quantitative estimate of drug-likeness (QED) is 0.760. The highest BCUT2D eigenvalue weighted by Crippen LogP contribution is 2.20. The molecule has 2 rings (SSSR count). The topological polar surface area (TPSA) is 18.5 Å². The van der Waals surface area contributed by atoms with Crippen molar-refractivity contribution in [2.75, 3.05) is 45.2 Å². The van der Waals surface area contributed by atoms with E-state index in [-0.39, 0.29) is 0 Å². The van der Waals surface area contributed by atoms with Crippen LogP contribution < -0.4 is 10.2 Å². The van der Waals surface area contributed by atoms with E-state index < -0.39 is 0 Å². The lowest BCUT2D eigenvalue weighted by Crippen LogP contribution is -2.21. The molecule has 1 N–H and O–H groups in total. The third-order valence-corrected chi connectivity index (χ3v) is 3.70. The highest BCUT2D eigenvalue weighted by atomic mass is 15.1. The lowest BCUT2D eigenvalue weighted by Gasteiger charge is -2.17. The molecule has 19 heavy (non-hydrogen) atoms. The minimum absolute atomic E-state index is 0.980. The monoisotopic (exact) mass is 261 g/mol. The molecule has 0 aromatic heterocycles. The van der Waals surface area contributed by atoms with Crippen molar-refractivity contribution in [3.8, 4) is 0 Å². The predicted molar refractivity (Wildman–Crippen MR) is 82.8 cm³/mol. The first kappa shape index (κ1) is 14.4. The van der Waals surface area contributed by atoms with Crippen LogP contribution in [-0.2, 0) is 6.54 Å². The van der Waals surface area contributed by atoms with Crippen LogP contribution in [0.2, 0.25) is 0 Å². The number of benzene rings is 1. The Hall–Kier alpha value is -1.06. The molecule has 1 heterocycles. The average molecular weight is 261 g/mol. The Morgan fingerprint density at radius 2 is 1.79 bits per heavy atom. The summed E-state index contributed by atoms with van der Waals surface area (Å²) in [5.74, 6) is 0. The zero-order valence-corrected chi connectivity index (χ0v) is 12.4. The SMILES string of the molecule is CN(C)CCCNCc1ccc(N2CCCC2)cc1. The number of anilines is 1. The van der Waals surface area contributed by atoms with E-state index in [0.29, 0.717) is 0 Å². The lowest BCUT2D eigenvalue weighted by atomic mass is 10.2. The molecule has 0 unspecified atom stereocenters. The van der Waals surface area contributed by atoms with Crippen LogP contribution in [0.1, 0.15) is 24.8 Å². The number of hydrogen-bond donors (Lipinski definition) is 1. The molecule has 0 amide bonds. The summed E-state index contributed by atoms with van der Waals surface area (Å²) in [6.45, 7) is 5.67. The highest BCUT2D eigenvalue weighted by molar-refractivity contribution is 5.48. The molecule has 1 aromatic carbocycles. The Kier molecular flexibility index (Phi) is 5.67. The van der Waals surface area contributed by atoms with Gasteiger partial charge in [0.15, 0.2) is 0 Å². The van der Waals surface area contributed by atoms with Crippen LogP contribution in [0.25, 0.3) is 0 Å². The summed E-state index contributed by atoms with van der Waals surface area (Å²) >= 11 is 0. The van der Waals surface area contributed by atoms with Crippen molar-refractivity contribution >= 4 is 5.69 Å². The average Bonchev–Trinajstić information content (AvgIpc) is 2.93. The van der Waals surface area contributed by atoms with Crippen LogP contribution in [0.3, 0.4) is 0 Å². The molecular weight excluding hydrogens is 234 g/mol. The third-order valence-electron chi connectivity index (χ3n) is 3.70. The van der Waals surface area contributed by atoms with E-state index in [2.05, 4.69) is 53.5 Å². The van der Waals surface area contributed by atoms with Crippen LogP contribution in [0, 0.1) is 0 Å². The van der Waals surface area contributed by atoms with Gasteiger partial charge >= 0.3 is 0 Å². The van der Waals surface area contributed by atoms with Gasteiger partial charge in [0.1, 0.15) is 0 Å². The Bertz CT molecular complexity index is 353. The maximum absolute atomic E-state index is 3.51. The van der Waals surface area contributed by atoms with Gasteiger partial charge in [-0.05, 0) is 64.1 Å². The smallest absolute Gasteiger partial charge is 0.0366 e. The molecule has 0 saturated carbocycles. The van der Waals surface area contributed by atoms with Crippen LogP contribution in [0.15, 0.2) is 24.3 Å². The van der Waals surface area contributed by atoms with Crippen LogP contribution in [0.4, 0.5) is 5.69 Å². The minimum Gasteiger partial charge on any atom is -0.372 e. The van der Waals surface area contributed by atoms with Crippen molar-refractivity contribution in [1.82, 2.24) is 10.2 Å². The van der Waals surface area contributed by atoms with E-state index in [1.54, 1.807) is 0 Å². The lowest BCUT2D eigenvalue weighted by molar-refractivity contribution is 0.394. The summed E-state index contributed by atoms with van der Waals surface area (Å²) < 4.78 is 0. The minimum atomic E-state index is 0.980. The number of nitrogens with one attached hydrogen (secondary N) is 1. The summed E-state index contributed by atoms with van der Waals surface area (Å²) in [6, 6.07) is 9.05. The second-order valence-corrected chi connectivity index (χ2v) is 5.69. The van der Waals surface area contributed by atoms with Gasteiger partial charge in [0.2, 0.25) is 0 Å². The maximum Gasteiger partial charge on any atom is 0.0366 e. The molecule has 0 aliphatic carbocycles. The van der Waals surface area contributed by atoms with Gasteiger partial charge in [-0.15, -0.1) is 0 Å². The molecule has 1 aliphatic heterocycles. The molecule has 3 heteroatoms. The van der Waals surface area contributed by atoms with Crippen LogP contribution in [-0.4, -0.2) is 45.2 Å². The summed E-state index contributed by atoms with van der Waals surface area (Å²) in [5.41, 5.74) is 2.77. The first-order valence-electron chi connectivity index (χ1n) is 7.45. The molecule has 1 saturated heterocycles. The normalized spacial score (nSPS) is 15.4. The van der Waals surface area contributed by atoms with Gasteiger partial charge in [-0.25, -0.2) is 0 Å². The number of hydrogen-bond acceptors (Lipinski definition) is 3. The van der Waals surface area contributed by atoms with E-state index in [4.69, 9.17) is 0 Å². The van der Waals surface area contributed by atoms with Gasteiger partial charge in [0.25, 0.3) is 0 Å². The Balaban J connectivity index is 1.69. The Morgan fingerprint density at radius 3 is 2.42 bits per heavy atom. The maximum atomic E-state index is 3.51. The molecule has 0 atom stereocenters. The van der Waals surface area contributed by atoms with Crippen molar-refractivity contribution < 1.29 is 0 Å². The third kappa shape index (κ3) is 4.84. The number of rotatable bonds is 7. The molecule has 1 fully saturated rings. The fourth-order valence-electron chi connectivity index (χ4n) is 2.55. The van der Waals surface area contributed by atoms with Crippen molar-refractivity contribution in [3.63, 3.8) is 0 Å². The molecule has 0 spiro atoms. The summed E-state index contributed by atoms with van der Waals surface area (Å²) in [6.07, 6.45) is 3.89. The zero-order valence-electron chi connectivity index (χ0n) is 12.4. The van der Waals surface area contributed by atoms with E-state index >= 15 is 0 Å². The molecule has 0 radical (unpaired) electrons. The van der Waals surface area contributed by atoms with Crippen molar-refractivity contribution in [1.29, 1.82) is 0 Å².